The fraction of sp³-hybridized carbons (Fsp3) is 0.111. The molecule has 0 aromatic carbocycles. The van der Waals surface area contributed by atoms with Crippen LogP contribution in [-0.2, 0) is 6.54 Å². The van der Waals surface area contributed by atoms with Crippen molar-refractivity contribution in [2.24, 2.45) is 0 Å². The molecule has 2 rings (SSSR count). The molecule has 14 heavy (non-hydrogen) atoms. The lowest BCUT2D eigenvalue weighted by Crippen LogP contribution is -2.21. The quantitative estimate of drug-likeness (QED) is 0.799. The maximum Gasteiger partial charge on any atom is 0.253 e. The van der Waals surface area contributed by atoms with E-state index in [1.54, 1.807) is 24.7 Å². The van der Waals surface area contributed by atoms with Gasteiger partial charge in [-0.3, -0.25) is 4.79 Å². The molecule has 4 nitrogen and oxygen atoms in total. The van der Waals surface area contributed by atoms with Crippen LogP contribution in [0.15, 0.2) is 30.0 Å². The van der Waals surface area contributed by atoms with E-state index in [-0.39, 0.29) is 5.91 Å². The highest BCUT2D eigenvalue weighted by Gasteiger charge is 2.04. The highest BCUT2D eigenvalue weighted by atomic mass is 32.1. The van der Waals surface area contributed by atoms with Gasteiger partial charge in [-0.15, -0.1) is 0 Å². The van der Waals surface area contributed by atoms with E-state index >= 15 is 0 Å². The van der Waals surface area contributed by atoms with Gasteiger partial charge in [0.2, 0.25) is 0 Å². The van der Waals surface area contributed by atoms with Crippen LogP contribution in [0, 0.1) is 0 Å². The molecular formula is C9H9N3OS. The van der Waals surface area contributed by atoms with Crippen LogP contribution in [0.1, 0.15) is 15.9 Å². The largest absolute Gasteiger partial charge is 0.367 e. The van der Waals surface area contributed by atoms with Crippen molar-refractivity contribution >= 4 is 17.4 Å². The Morgan fingerprint density at radius 1 is 1.64 bits per heavy atom. The summed E-state index contributed by atoms with van der Waals surface area (Å²) >= 11 is 1.38. The van der Waals surface area contributed by atoms with Crippen LogP contribution in [-0.4, -0.2) is 15.3 Å². The van der Waals surface area contributed by atoms with Crippen LogP contribution < -0.4 is 5.32 Å². The molecule has 0 saturated carbocycles. The normalized spacial score (nSPS) is 10.0. The first-order chi connectivity index (χ1) is 6.86. The zero-order valence-electron chi connectivity index (χ0n) is 7.36. The van der Waals surface area contributed by atoms with Gasteiger partial charge in [-0.2, -0.15) is 0 Å². The average Bonchev–Trinajstić information content (AvgIpc) is 2.87. The van der Waals surface area contributed by atoms with Crippen molar-refractivity contribution in [2.45, 2.75) is 6.54 Å². The summed E-state index contributed by atoms with van der Waals surface area (Å²) in [5, 5.41) is 4.71. The number of carbonyl (C=O) groups is 1. The minimum atomic E-state index is -0.0718. The Labute approximate surface area is 85.1 Å². The van der Waals surface area contributed by atoms with E-state index in [1.807, 2.05) is 5.38 Å². The van der Waals surface area contributed by atoms with Crippen LogP contribution in [0.5, 0.6) is 0 Å². The zero-order chi connectivity index (χ0) is 9.80. The molecule has 0 aliphatic rings. The first kappa shape index (κ1) is 8.96. The predicted octanol–water partition coefficient (Wildman–Crippen LogP) is 1.40. The number of aromatic nitrogens is 2. The SMILES string of the molecule is O=C(NCc1cnsc1)c1cc[nH]c1. The summed E-state index contributed by atoms with van der Waals surface area (Å²) < 4.78 is 3.95. The fourth-order valence-electron chi connectivity index (χ4n) is 1.06. The molecule has 0 radical (unpaired) electrons. The van der Waals surface area contributed by atoms with Crippen LogP contribution in [0.3, 0.4) is 0 Å². The molecule has 2 heterocycles. The van der Waals surface area contributed by atoms with Gasteiger partial charge in [-0.25, -0.2) is 4.37 Å². The van der Waals surface area contributed by atoms with Gasteiger partial charge < -0.3 is 10.3 Å². The molecular weight excluding hydrogens is 198 g/mol. The molecule has 1 amide bonds. The summed E-state index contributed by atoms with van der Waals surface area (Å²) in [7, 11) is 0. The molecule has 2 aromatic rings. The lowest BCUT2D eigenvalue weighted by molar-refractivity contribution is 0.0951. The average molecular weight is 207 g/mol. The Balaban J connectivity index is 1.90. The maximum absolute atomic E-state index is 11.5. The topological polar surface area (TPSA) is 57.8 Å². The number of hydrogen-bond acceptors (Lipinski definition) is 3. The van der Waals surface area contributed by atoms with Gasteiger partial charge in [0.25, 0.3) is 5.91 Å². The highest BCUT2D eigenvalue weighted by Crippen LogP contribution is 2.02. The summed E-state index contributed by atoms with van der Waals surface area (Å²) in [4.78, 5) is 14.3. The summed E-state index contributed by atoms with van der Waals surface area (Å²) in [6.45, 7) is 0.528. The number of H-pyrrole nitrogens is 1. The minimum absolute atomic E-state index is 0.0718. The molecule has 0 saturated heterocycles. The van der Waals surface area contributed by atoms with E-state index < -0.39 is 0 Å². The molecule has 0 aliphatic heterocycles. The molecule has 2 N–H and O–H groups in total. The smallest absolute Gasteiger partial charge is 0.253 e. The number of amides is 1. The van der Waals surface area contributed by atoms with E-state index in [0.29, 0.717) is 12.1 Å². The van der Waals surface area contributed by atoms with Crippen LogP contribution in [0.4, 0.5) is 0 Å². The van der Waals surface area contributed by atoms with Crippen molar-refractivity contribution < 1.29 is 4.79 Å². The van der Waals surface area contributed by atoms with Crippen molar-refractivity contribution in [1.82, 2.24) is 14.7 Å². The molecule has 0 fully saturated rings. The first-order valence-corrected chi connectivity index (χ1v) is 4.99. The first-order valence-electron chi connectivity index (χ1n) is 4.15. The lowest BCUT2D eigenvalue weighted by atomic mass is 10.3. The third-order valence-electron chi connectivity index (χ3n) is 1.80. The molecule has 0 aliphatic carbocycles. The number of nitrogens with zero attached hydrogens (tertiary/aromatic N) is 1. The molecule has 5 heteroatoms. The second kappa shape index (κ2) is 4.06. The van der Waals surface area contributed by atoms with Gasteiger partial charge >= 0.3 is 0 Å². The Morgan fingerprint density at radius 2 is 2.57 bits per heavy atom. The van der Waals surface area contributed by atoms with Gasteiger partial charge in [0.05, 0.1) is 5.56 Å². The third-order valence-corrected chi connectivity index (χ3v) is 2.43. The maximum atomic E-state index is 11.5. The van der Waals surface area contributed by atoms with Crippen molar-refractivity contribution in [3.05, 3.63) is 41.2 Å². The van der Waals surface area contributed by atoms with Crippen molar-refractivity contribution in [3.63, 3.8) is 0 Å². The molecule has 0 unspecified atom stereocenters. The van der Waals surface area contributed by atoms with E-state index in [0.717, 1.165) is 5.56 Å². The predicted molar refractivity (Wildman–Crippen MR) is 54.1 cm³/mol. The number of carbonyl (C=O) groups excluding carboxylic acids is 1. The number of aromatic amines is 1. The lowest BCUT2D eigenvalue weighted by Gasteiger charge is -2.00. The van der Waals surface area contributed by atoms with Crippen LogP contribution in [0.25, 0.3) is 0 Å². The summed E-state index contributed by atoms with van der Waals surface area (Å²) in [6, 6.07) is 1.74. The molecule has 0 spiro atoms. The second-order valence-electron chi connectivity index (χ2n) is 2.82. The van der Waals surface area contributed by atoms with Gasteiger partial charge in [0, 0.05) is 36.1 Å². The van der Waals surface area contributed by atoms with E-state index in [1.165, 1.54) is 11.5 Å². The molecule has 0 atom stereocenters. The molecule has 72 valence electrons. The van der Waals surface area contributed by atoms with Crippen LogP contribution in [0.2, 0.25) is 0 Å². The highest BCUT2D eigenvalue weighted by molar-refractivity contribution is 7.03. The Morgan fingerprint density at radius 3 is 3.21 bits per heavy atom. The summed E-state index contributed by atoms with van der Waals surface area (Å²) in [5.74, 6) is -0.0718. The number of nitrogens with one attached hydrogen (secondary N) is 2. The van der Waals surface area contributed by atoms with Crippen molar-refractivity contribution in [3.8, 4) is 0 Å². The van der Waals surface area contributed by atoms with Crippen LogP contribution >= 0.6 is 11.5 Å². The number of hydrogen-bond donors (Lipinski definition) is 2. The zero-order valence-corrected chi connectivity index (χ0v) is 8.17. The molecule has 0 bridgehead atoms. The minimum Gasteiger partial charge on any atom is -0.367 e. The second-order valence-corrected chi connectivity index (χ2v) is 3.47. The Kier molecular flexibility index (Phi) is 2.60. The monoisotopic (exact) mass is 207 g/mol. The molecule has 2 aromatic heterocycles. The Hall–Kier alpha value is -1.62. The van der Waals surface area contributed by atoms with E-state index in [4.69, 9.17) is 0 Å². The van der Waals surface area contributed by atoms with Gasteiger partial charge in [0.15, 0.2) is 0 Å². The summed E-state index contributed by atoms with van der Waals surface area (Å²) in [6.07, 6.45) is 5.14. The van der Waals surface area contributed by atoms with Gasteiger partial charge in [-0.1, -0.05) is 0 Å². The van der Waals surface area contributed by atoms with Crippen molar-refractivity contribution in [1.29, 1.82) is 0 Å². The fourth-order valence-corrected chi connectivity index (χ4v) is 1.60. The Bertz CT molecular complexity index is 394. The standard InChI is InChI=1S/C9H9N3OS/c13-9(8-1-2-10-5-8)11-3-7-4-12-14-6-7/h1-2,4-6,10H,3H2,(H,11,13). The third kappa shape index (κ3) is 2.00. The van der Waals surface area contributed by atoms with Gasteiger partial charge in [0.1, 0.15) is 0 Å². The van der Waals surface area contributed by atoms with Crippen molar-refractivity contribution in [2.75, 3.05) is 0 Å². The van der Waals surface area contributed by atoms with Gasteiger partial charge in [-0.05, 0) is 17.6 Å². The summed E-state index contributed by atoms with van der Waals surface area (Å²) in [5.41, 5.74) is 1.67. The van der Waals surface area contributed by atoms with E-state index in [2.05, 4.69) is 14.7 Å². The number of rotatable bonds is 3. The van der Waals surface area contributed by atoms with E-state index in [9.17, 15) is 4.79 Å².